The van der Waals surface area contributed by atoms with Crippen molar-refractivity contribution in [1.29, 1.82) is 0 Å². The summed E-state index contributed by atoms with van der Waals surface area (Å²) in [4.78, 5) is 4.56. The third-order valence-corrected chi connectivity index (χ3v) is 5.26. The number of imidazole rings is 1. The molecule has 0 amide bonds. The Balaban J connectivity index is 2.00. The first-order valence-electron chi connectivity index (χ1n) is 9.33. The molecule has 27 heavy (non-hydrogen) atoms. The van der Waals surface area contributed by atoms with Crippen molar-refractivity contribution in [2.45, 2.75) is 32.7 Å². The van der Waals surface area contributed by atoms with Crippen LogP contribution >= 0.6 is 11.6 Å². The average Bonchev–Trinajstić information content (AvgIpc) is 3.14. The van der Waals surface area contributed by atoms with Crippen molar-refractivity contribution < 1.29 is 19.3 Å². The van der Waals surface area contributed by atoms with Crippen LogP contribution in [0.1, 0.15) is 26.2 Å². The van der Waals surface area contributed by atoms with E-state index in [4.69, 9.17) is 25.8 Å². The quantitative estimate of drug-likeness (QED) is 0.737. The minimum absolute atomic E-state index is 0.117. The molecule has 0 spiro atoms. The molecule has 0 atom stereocenters. The topological polar surface area (TPSA) is 65.7 Å². The Morgan fingerprint density at radius 3 is 2.78 bits per heavy atom. The number of methoxy groups -OCH3 is 1. The van der Waals surface area contributed by atoms with Gasteiger partial charge in [-0.25, -0.2) is 4.98 Å². The van der Waals surface area contributed by atoms with E-state index < -0.39 is 0 Å². The Kier molecular flexibility index (Phi) is 6.63. The van der Waals surface area contributed by atoms with Gasteiger partial charge in [-0.05, 0) is 25.3 Å². The van der Waals surface area contributed by atoms with Crippen LogP contribution in [-0.2, 0) is 11.3 Å². The number of hydrogen-bond acceptors (Lipinski definition) is 5. The standard InChI is InChI=1S/C20H27ClN2O4/c1-3-8-27-18-16(11-15(21)12-17(18)25-2)19-22-6-7-23(19)13-20(14-24)4-9-26-10-5-20/h6-7,11-12,24H,3-5,8-10,13-14H2,1-2H3. The monoisotopic (exact) mass is 394 g/mol. The average molecular weight is 395 g/mol. The number of hydrogen-bond donors (Lipinski definition) is 1. The molecule has 1 aliphatic heterocycles. The predicted molar refractivity (Wildman–Crippen MR) is 105 cm³/mol. The molecule has 1 N–H and O–H groups in total. The Bertz CT molecular complexity index is 756. The number of rotatable bonds is 8. The zero-order valence-corrected chi connectivity index (χ0v) is 16.7. The first kappa shape index (κ1) is 20.0. The van der Waals surface area contributed by atoms with Crippen molar-refractivity contribution in [1.82, 2.24) is 9.55 Å². The largest absolute Gasteiger partial charge is 0.493 e. The summed E-state index contributed by atoms with van der Waals surface area (Å²) >= 11 is 6.32. The van der Waals surface area contributed by atoms with Crippen LogP contribution in [0, 0.1) is 5.41 Å². The number of aromatic nitrogens is 2. The van der Waals surface area contributed by atoms with Crippen LogP contribution < -0.4 is 9.47 Å². The summed E-state index contributed by atoms with van der Waals surface area (Å²) in [5, 5.41) is 10.6. The predicted octanol–water partition coefficient (Wildman–Crippen LogP) is 3.79. The van der Waals surface area contributed by atoms with Crippen LogP contribution in [0.3, 0.4) is 0 Å². The summed E-state index contributed by atoms with van der Waals surface area (Å²) < 4.78 is 19.0. The van der Waals surface area contributed by atoms with Crippen LogP contribution in [0.5, 0.6) is 11.5 Å². The fourth-order valence-electron chi connectivity index (χ4n) is 3.45. The molecular weight excluding hydrogens is 368 g/mol. The Hall–Kier alpha value is -1.76. The highest BCUT2D eigenvalue weighted by Crippen LogP contribution is 2.41. The first-order valence-corrected chi connectivity index (χ1v) is 9.70. The summed E-state index contributed by atoms with van der Waals surface area (Å²) in [7, 11) is 1.60. The van der Waals surface area contributed by atoms with Crippen LogP contribution in [0.4, 0.5) is 0 Å². The van der Waals surface area contributed by atoms with E-state index in [-0.39, 0.29) is 12.0 Å². The van der Waals surface area contributed by atoms with Gasteiger partial charge in [0.15, 0.2) is 11.5 Å². The summed E-state index contributed by atoms with van der Waals surface area (Å²) in [6, 6.07) is 3.60. The molecule has 1 aromatic heterocycles. The van der Waals surface area contributed by atoms with E-state index in [2.05, 4.69) is 16.5 Å². The van der Waals surface area contributed by atoms with E-state index in [9.17, 15) is 5.11 Å². The van der Waals surface area contributed by atoms with Gasteiger partial charge in [-0.2, -0.15) is 0 Å². The Labute approximate surface area is 165 Å². The number of ether oxygens (including phenoxy) is 3. The van der Waals surface area contributed by atoms with Gasteiger partial charge in [-0.1, -0.05) is 18.5 Å². The molecule has 1 fully saturated rings. The van der Waals surface area contributed by atoms with Crippen LogP contribution in [-0.4, -0.2) is 48.2 Å². The molecule has 0 bridgehead atoms. The van der Waals surface area contributed by atoms with Crippen LogP contribution in [0.2, 0.25) is 5.02 Å². The lowest BCUT2D eigenvalue weighted by molar-refractivity contribution is -0.0250. The van der Waals surface area contributed by atoms with Crippen molar-refractivity contribution in [2.75, 3.05) is 33.5 Å². The summed E-state index contributed by atoms with van der Waals surface area (Å²) in [6.45, 7) is 4.74. The molecule has 148 valence electrons. The number of benzene rings is 1. The SMILES string of the molecule is CCCOc1c(OC)cc(Cl)cc1-c1nccn1CC1(CO)CCOCC1. The maximum atomic E-state index is 10.0. The molecule has 7 heteroatoms. The van der Waals surface area contributed by atoms with Crippen molar-refractivity contribution in [3.8, 4) is 22.9 Å². The van der Waals surface area contributed by atoms with E-state index in [0.29, 0.717) is 42.9 Å². The second-order valence-corrected chi connectivity index (χ2v) is 7.42. The van der Waals surface area contributed by atoms with Crippen LogP contribution in [0.15, 0.2) is 24.5 Å². The van der Waals surface area contributed by atoms with E-state index in [0.717, 1.165) is 30.7 Å². The smallest absolute Gasteiger partial charge is 0.172 e. The normalized spacial score (nSPS) is 16.3. The molecule has 2 aromatic rings. The van der Waals surface area contributed by atoms with Crippen molar-refractivity contribution in [2.24, 2.45) is 5.41 Å². The number of aliphatic hydroxyl groups is 1. The second-order valence-electron chi connectivity index (χ2n) is 6.98. The van der Waals surface area contributed by atoms with Crippen molar-refractivity contribution in [3.63, 3.8) is 0 Å². The summed E-state index contributed by atoms with van der Waals surface area (Å²) in [5.74, 6) is 1.98. The fraction of sp³-hybridized carbons (Fsp3) is 0.550. The minimum Gasteiger partial charge on any atom is -0.493 e. The fourth-order valence-corrected chi connectivity index (χ4v) is 3.66. The second kappa shape index (κ2) is 8.95. The lowest BCUT2D eigenvalue weighted by atomic mass is 9.81. The molecule has 6 nitrogen and oxygen atoms in total. The highest BCUT2D eigenvalue weighted by molar-refractivity contribution is 6.31. The molecule has 0 unspecified atom stereocenters. The van der Waals surface area contributed by atoms with Gasteiger partial charge in [0.05, 0.1) is 25.9 Å². The number of halogens is 1. The molecule has 0 radical (unpaired) electrons. The molecule has 2 heterocycles. The highest BCUT2D eigenvalue weighted by atomic mass is 35.5. The maximum absolute atomic E-state index is 10.0. The van der Waals surface area contributed by atoms with Gasteiger partial charge in [0, 0.05) is 48.7 Å². The van der Waals surface area contributed by atoms with E-state index in [1.54, 1.807) is 19.4 Å². The van der Waals surface area contributed by atoms with E-state index in [1.165, 1.54) is 0 Å². The van der Waals surface area contributed by atoms with Crippen LogP contribution in [0.25, 0.3) is 11.4 Å². The first-order chi connectivity index (χ1) is 13.1. The van der Waals surface area contributed by atoms with Gasteiger partial charge in [0.2, 0.25) is 0 Å². The third-order valence-electron chi connectivity index (χ3n) is 5.04. The molecule has 0 saturated carbocycles. The lowest BCUT2D eigenvalue weighted by Gasteiger charge is -2.36. The minimum atomic E-state index is -0.208. The molecule has 1 aromatic carbocycles. The maximum Gasteiger partial charge on any atom is 0.172 e. The van der Waals surface area contributed by atoms with Gasteiger partial charge in [0.1, 0.15) is 5.82 Å². The van der Waals surface area contributed by atoms with E-state index >= 15 is 0 Å². The lowest BCUT2D eigenvalue weighted by Crippen LogP contribution is -2.37. The van der Waals surface area contributed by atoms with Gasteiger partial charge >= 0.3 is 0 Å². The van der Waals surface area contributed by atoms with Gasteiger partial charge in [-0.3, -0.25) is 0 Å². The zero-order chi connectivity index (χ0) is 19.3. The molecule has 0 aliphatic carbocycles. The summed E-state index contributed by atoms with van der Waals surface area (Å²) in [5.41, 5.74) is 0.582. The molecule has 3 rings (SSSR count). The zero-order valence-electron chi connectivity index (χ0n) is 15.9. The number of nitrogens with zero attached hydrogens (tertiary/aromatic N) is 2. The molecule has 1 aliphatic rings. The Morgan fingerprint density at radius 1 is 1.33 bits per heavy atom. The molecule has 1 saturated heterocycles. The van der Waals surface area contributed by atoms with E-state index in [1.807, 2.05) is 12.3 Å². The Morgan fingerprint density at radius 2 is 2.11 bits per heavy atom. The van der Waals surface area contributed by atoms with Crippen molar-refractivity contribution in [3.05, 3.63) is 29.5 Å². The van der Waals surface area contributed by atoms with Gasteiger partial charge in [-0.15, -0.1) is 0 Å². The third kappa shape index (κ3) is 4.39. The number of aliphatic hydroxyl groups excluding tert-OH is 1. The van der Waals surface area contributed by atoms with Gasteiger partial charge in [0.25, 0.3) is 0 Å². The molecular formula is C20H27ClN2O4. The summed E-state index contributed by atoms with van der Waals surface area (Å²) in [6.07, 6.45) is 6.21. The van der Waals surface area contributed by atoms with Gasteiger partial charge < -0.3 is 23.9 Å². The van der Waals surface area contributed by atoms with Crippen molar-refractivity contribution >= 4 is 11.6 Å². The highest BCUT2D eigenvalue weighted by Gasteiger charge is 2.33.